The molecule has 0 aliphatic rings. The Morgan fingerprint density at radius 3 is 2.26 bits per heavy atom. The zero-order valence-corrected chi connectivity index (χ0v) is 18.0. The molecular formula is C23H40NO3+. The summed E-state index contributed by atoms with van der Waals surface area (Å²) in [6.45, 7) is 7.02. The summed E-state index contributed by atoms with van der Waals surface area (Å²) < 4.78 is 12.0. The predicted molar refractivity (Wildman–Crippen MR) is 112 cm³/mol. The third-order valence-electron chi connectivity index (χ3n) is 4.73. The van der Waals surface area contributed by atoms with E-state index in [9.17, 15) is 4.79 Å². The number of nitrogens with zero attached hydrogens (tertiary/aromatic N) is 1. The topological polar surface area (TPSA) is 35.5 Å². The molecule has 0 heterocycles. The van der Waals surface area contributed by atoms with E-state index in [1.165, 1.54) is 44.1 Å². The van der Waals surface area contributed by atoms with Gasteiger partial charge in [0.2, 0.25) is 0 Å². The van der Waals surface area contributed by atoms with E-state index in [-0.39, 0.29) is 5.78 Å². The highest BCUT2D eigenvalue weighted by Crippen LogP contribution is 2.15. The van der Waals surface area contributed by atoms with Crippen molar-refractivity contribution in [2.75, 3.05) is 47.0 Å². The maximum atomic E-state index is 11.2. The molecule has 0 aliphatic heterocycles. The van der Waals surface area contributed by atoms with Gasteiger partial charge in [-0.25, -0.2) is 0 Å². The van der Waals surface area contributed by atoms with Gasteiger partial charge in [-0.2, -0.15) is 0 Å². The Morgan fingerprint density at radius 2 is 1.59 bits per heavy atom. The highest BCUT2D eigenvalue weighted by atomic mass is 16.5. The van der Waals surface area contributed by atoms with Crippen LogP contribution in [-0.4, -0.2) is 57.3 Å². The van der Waals surface area contributed by atoms with Gasteiger partial charge in [0.1, 0.15) is 25.4 Å². The van der Waals surface area contributed by atoms with Crippen LogP contribution in [0.15, 0.2) is 24.3 Å². The molecule has 154 valence electrons. The summed E-state index contributed by atoms with van der Waals surface area (Å²) in [5.74, 6) is 1.11. The molecule has 0 N–H and O–H groups in total. The molecule has 0 aliphatic carbocycles. The fourth-order valence-corrected chi connectivity index (χ4v) is 3.18. The summed E-state index contributed by atoms with van der Waals surface area (Å²) in [6.07, 6.45) is 9.17. The van der Waals surface area contributed by atoms with Crippen LogP contribution in [0, 0.1) is 0 Å². The van der Waals surface area contributed by atoms with Crippen LogP contribution in [0.25, 0.3) is 0 Å². The van der Waals surface area contributed by atoms with Crippen molar-refractivity contribution in [1.29, 1.82) is 0 Å². The number of aryl methyl sites for hydroxylation is 1. The zero-order chi connectivity index (χ0) is 20.0. The number of hydrogen-bond acceptors (Lipinski definition) is 3. The molecule has 0 unspecified atom stereocenters. The number of carbonyl (C=O) groups excluding carboxylic acids is 1. The highest BCUT2D eigenvalue weighted by Gasteiger charge is 2.16. The molecule has 0 radical (unpaired) electrons. The molecular weight excluding hydrogens is 338 g/mol. The Hall–Kier alpha value is -1.39. The van der Waals surface area contributed by atoms with Gasteiger partial charge in [0.15, 0.2) is 5.78 Å². The number of quaternary nitrogens is 1. The summed E-state index contributed by atoms with van der Waals surface area (Å²) in [5.41, 5.74) is 1.39. The van der Waals surface area contributed by atoms with Crippen molar-refractivity contribution in [2.45, 2.75) is 58.8 Å². The molecule has 4 nitrogen and oxygen atoms in total. The quantitative estimate of drug-likeness (QED) is 0.310. The van der Waals surface area contributed by atoms with E-state index in [1.54, 1.807) is 6.92 Å². The molecule has 1 aromatic carbocycles. The number of rotatable bonds is 16. The van der Waals surface area contributed by atoms with Gasteiger partial charge in [-0.3, -0.25) is 4.79 Å². The highest BCUT2D eigenvalue weighted by molar-refractivity contribution is 5.76. The number of carbonyl (C=O) groups is 1. The molecule has 1 rings (SSSR count). The second-order valence-corrected chi connectivity index (χ2v) is 8.14. The van der Waals surface area contributed by atoms with Crippen LogP contribution in [0.5, 0.6) is 5.75 Å². The summed E-state index contributed by atoms with van der Waals surface area (Å²) in [7, 11) is 4.10. The molecule has 1 aromatic rings. The maximum Gasteiger partial charge on any atom is 0.183 e. The van der Waals surface area contributed by atoms with Crippen LogP contribution < -0.4 is 4.74 Å². The Labute approximate surface area is 166 Å². The first-order valence-corrected chi connectivity index (χ1v) is 10.5. The summed E-state index contributed by atoms with van der Waals surface area (Å²) in [6, 6.07) is 8.45. The molecule has 0 aromatic heterocycles. The minimum atomic E-state index is 0.211. The van der Waals surface area contributed by atoms with Gasteiger partial charge in [-0.15, -0.1) is 0 Å². The van der Waals surface area contributed by atoms with E-state index >= 15 is 0 Å². The second kappa shape index (κ2) is 13.7. The lowest BCUT2D eigenvalue weighted by atomic mass is 10.0. The summed E-state index contributed by atoms with van der Waals surface area (Å²) in [4.78, 5) is 11.2. The Bertz CT molecular complexity index is 511. The van der Waals surface area contributed by atoms with Crippen LogP contribution in [0.3, 0.4) is 0 Å². The van der Waals surface area contributed by atoms with Gasteiger partial charge in [0.25, 0.3) is 0 Å². The number of Topliss-reactive ketones (excluding diaryl/α,β-unsaturated/α-hetero) is 1. The van der Waals surface area contributed by atoms with Gasteiger partial charge in [0.05, 0.1) is 27.3 Å². The van der Waals surface area contributed by atoms with Crippen LogP contribution >= 0.6 is 0 Å². The first-order valence-electron chi connectivity index (χ1n) is 10.5. The number of hydrogen-bond donors (Lipinski definition) is 0. The van der Waals surface area contributed by atoms with E-state index in [0.717, 1.165) is 18.7 Å². The molecule has 0 saturated heterocycles. The first-order chi connectivity index (χ1) is 12.9. The van der Waals surface area contributed by atoms with Crippen LogP contribution in [-0.2, 0) is 16.0 Å². The van der Waals surface area contributed by atoms with Crippen LogP contribution in [0.4, 0.5) is 0 Å². The fourth-order valence-electron chi connectivity index (χ4n) is 3.18. The Balaban J connectivity index is 2.09. The molecule has 0 amide bonds. The SMILES string of the molecule is CCCCCCCCc1ccc(OCCOCC[N+](C)(C)CC(C)=O)cc1. The van der Waals surface area contributed by atoms with Crippen LogP contribution in [0.2, 0.25) is 0 Å². The van der Waals surface area contributed by atoms with Gasteiger partial charge in [0, 0.05) is 6.92 Å². The van der Waals surface area contributed by atoms with Gasteiger partial charge < -0.3 is 14.0 Å². The molecule has 0 fully saturated rings. The van der Waals surface area contributed by atoms with Crippen molar-refractivity contribution in [3.05, 3.63) is 29.8 Å². The molecule has 4 heteroatoms. The minimum Gasteiger partial charge on any atom is -0.491 e. The first kappa shape index (κ1) is 23.6. The lowest BCUT2D eigenvalue weighted by Gasteiger charge is -2.28. The van der Waals surface area contributed by atoms with Gasteiger partial charge >= 0.3 is 0 Å². The van der Waals surface area contributed by atoms with E-state index in [0.29, 0.717) is 30.8 Å². The van der Waals surface area contributed by atoms with E-state index in [4.69, 9.17) is 9.47 Å². The second-order valence-electron chi connectivity index (χ2n) is 8.14. The number of likely N-dealkylation sites (N-methyl/N-ethyl adjacent to an activating group) is 1. The lowest BCUT2D eigenvalue weighted by Crippen LogP contribution is -2.45. The van der Waals surface area contributed by atoms with Crippen molar-refractivity contribution < 1.29 is 18.8 Å². The standard InChI is InChI=1S/C23H40NO3/c1-5-6-7-8-9-10-11-22-12-14-23(15-13-22)27-19-18-26-17-16-24(3,4)20-21(2)25/h12-15H,5-11,16-20H2,1-4H3/q+1. The maximum absolute atomic E-state index is 11.2. The van der Waals surface area contributed by atoms with Crippen LogP contribution in [0.1, 0.15) is 57.9 Å². The Morgan fingerprint density at radius 1 is 0.926 bits per heavy atom. The number of ketones is 1. The zero-order valence-electron chi connectivity index (χ0n) is 18.0. The van der Waals surface area contributed by atoms with E-state index < -0.39 is 0 Å². The number of unbranched alkanes of at least 4 members (excludes halogenated alkanes) is 5. The molecule has 0 spiro atoms. The molecule has 0 atom stereocenters. The van der Waals surface area contributed by atoms with Crippen molar-refractivity contribution in [2.24, 2.45) is 0 Å². The summed E-state index contributed by atoms with van der Waals surface area (Å²) >= 11 is 0. The van der Waals surface area contributed by atoms with Gasteiger partial charge in [-0.05, 0) is 30.5 Å². The lowest BCUT2D eigenvalue weighted by molar-refractivity contribution is -0.882. The fraction of sp³-hybridized carbons (Fsp3) is 0.696. The average Bonchev–Trinajstić information content (AvgIpc) is 2.61. The Kier molecular flexibility index (Phi) is 12.0. The third-order valence-corrected chi connectivity index (χ3v) is 4.73. The third kappa shape index (κ3) is 12.6. The molecule has 0 bridgehead atoms. The van der Waals surface area contributed by atoms with Crippen molar-refractivity contribution >= 4 is 5.78 Å². The molecule has 27 heavy (non-hydrogen) atoms. The number of benzene rings is 1. The monoisotopic (exact) mass is 378 g/mol. The predicted octanol–water partition coefficient (Wildman–Crippen LogP) is 4.65. The smallest absolute Gasteiger partial charge is 0.183 e. The normalized spacial score (nSPS) is 11.6. The molecule has 0 saturated carbocycles. The van der Waals surface area contributed by atoms with Gasteiger partial charge in [-0.1, -0.05) is 51.2 Å². The van der Waals surface area contributed by atoms with E-state index in [2.05, 4.69) is 31.2 Å². The minimum absolute atomic E-state index is 0.211. The number of ether oxygens (including phenoxy) is 2. The van der Waals surface area contributed by atoms with Crippen molar-refractivity contribution in [3.63, 3.8) is 0 Å². The van der Waals surface area contributed by atoms with Crippen molar-refractivity contribution in [1.82, 2.24) is 0 Å². The largest absolute Gasteiger partial charge is 0.491 e. The van der Waals surface area contributed by atoms with Crippen molar-refractivity contribution in [3.8, 4) is 5.75 Å². The average molecular weight is 379 g/mol. The van der Waals surface area contributed by atoms with E-state index in [1.807, 2.05) is 14.1 Å². The summed E-state index contributed by atoms with van der Waals surface area (Å²) in [5, 5.41) is 0.